The number of benzene rings is 1. The second kappa shape index (κ2) is 9.40. The lowest BCUT2D eigenvalue weighted by Crippen LogP contribution is -2.40. The molecule has 0 amide bonds. The Morgan fingerprint density at radius 2 is 1.59 bits per heavy atom. The Balaban J connectivity index is 3.04. The highest BCUT2D eigenvalue weighted by Crippen LogP contribution is 2.32. The van der Waals surface area contributed by atoms with Crippen LogP contribution in [-0.4, -0.2) is 26.2 Å². The first-order chi connectivity index (χ1) is 10.6. The Bertz CT molecular complexity index is 533. The molecule has 0 aliphatic carbocycles. The van der Waals surface area contributed by atoms with Crippen molar-refractivity contribution < 1.29 is 19.1 Å². The van der Waals surface area contributed by atoms with Crippen LogP contribution in [0.15, 0.2) is 46.6 Å². The predicted octanol–water partition coefficient (Wildman–Crippen LogP) is 3.76. The maximum atomic E-state index is 12.2. The molecule has 1 aromatic carbocycles. The summed E-state index contributed by atoms with van der Waals surface area (Å²) in [5.41, 5.74) is -0.355. The smallest absolute Gasteiger partial charge is 0.323 e. The summed E-state index contributed by atoms with van der Waals surface area (Å²) < 4.78 is 11.4. The van der Waals surface area contributed by atoms with Gasteiger partial charge in [-0.05, 0) is 22.5 Å². The number of carbonyl (C=O) groups is 2. The Morgan fingerprint density at radius 1 is 1.05 bits per heavy atom. The van der Waals surface area contributed by atoms with Gasteiger partial charge in [0.2, 0.25) is 0 Å². The van der Waals surface area contributed by atoms with Crippen LogP contribution >= 0.6 is 22.6 Å². The van der Waals surface area contributed by atoms with Crippen LogP contribution in [-0.2, 0) is 19.1 Å². The summed E-state index contributed by atoms with van der Waals surface area (Å²) in [5, 5.41) is 0. The summed E-state index contributed by atoms with van der Waals surface area (Å²) in [6.45, 7) is 0. The molecule has 0 N–H and O–H groups in total. The summed E-state index contributed by atoms with van der Waals surface area (Å²) in [4.78, 5) is 24.4. The SMILES string of the molecule is COC(=O)C(C/C=C\I)(C/C=C/c1ccccc1)C(=O)OC. The molecule has 0 aromatic heterocycles. The molecule has 0 atom stereocenters. The van der Waals surface area contributed by atoms with Crippen molar-refractivity contribution in [2.24, 2.45) is 5.41 Å². The van der Waals surface area contributed by atoms with Gasteiger partial charge in [0.1, 0.15) is 0 Å². The van der Waals surface area contributed by atoms with Crippen LogP contribution in [0.4, 0.5) is 0 Å². The van der Waals surface area contributed by atoms with E-state index in [1.165, 1.54) is 14.2 Å². The monoisotopic (exact) mass is 414 g/mol. The fourth-order valence-electron chi connectivity index (χ4n) is 2.10. The van der Waals surface area contributed by atoms with Gasteiger partial charge in [-0.1, -0.05) is 71.2 Å². The van der Waals surface area contributed by atoms with E-state index in [1.54, 1.807) is 16.2 Å². The third kappa shape index (κ3) is 4.69. The zero-order valence-electron chi connectivity index (χ0n) is 12.6. The highest BCUT2D eigenvalue weighted by atomic mass is 127. The summed E-state index contributed by atoms with van der Waals surface area (Å²) in [7, 11) is 2.55. The zero-order chi connectivity index (χ0) is 16.4. The van der Waals surface area contributed by atoms with Gasteiger partial charge in [0.05, 0.1) is 14.2 Å². The molecular weight excluding hydrogens is 395 g/mol. The summed E-state index contributed by atoms with van der Waals surface area (Å²) in [5.74, 6) is -1.18. The summed E-state index contributed by atoms with van der Waals surface area (Å²) >= 11 is 2.04. The number of hydrogen-bond acceptors (Lipinski definition) is 4. The zero-order valence-corrected chi connectivity index (χ0v) is 14.8. The molecule has 0 unspecified atom stereocenters. The first-order valence-corrected chi connectivity index (χ1v) is 7.99. The Morgan fingerprint density at radius 3 is 2.09 bits per heavy atom. The van der Waals surface area contributed by atoms with E-state index in [4.69, 9.17) is 9.47 Å². The normalized spacial score (nSPS) is 11.8. The molecule has 0 aliphatic rings. The van der Waals surface area contributed by atoms with Crippen molar-refractivity contribution in [1.82, 2.24) is 0 Å². The van der Waals surface area contributed by atoms with Gasteiger partial charge in [0.15, 0.2) is 5.41 Å². The van der Waals surface area contributed by atoms with Crippen LogP contribution in [0.5, 0.6) is 0 Å². The molecule has 0 fully saturated rings. The molecule has 0 heterocycles. The molecule has 0 radical (unpaired) electrons. The van der Waals surface area contributed by atoms with Gasteiger partial charge in [0, 0.05) is 0 Å². The van der Waals surface area contributed by atoms with E-state index in [1.807, 2.05) is 59.0 Å². The number of rotatable bonds is 7. The van der Waals surface area contributed by atoms with E-state index in [0.717, 1.165) is 5.56 Å². The average molecular weight is 414 g/mol. The van der Waals surface area contributed by atoms with E-state index in [2.05, 4.69) is 0 Å². The second-order valence-corrected chi connectivity index (χ2v) is 5.37. The molecule has 118 valence electrons. The van der Waals surface area contributed by atoms with Crippen molar-refractivity contribution in [2.45, 2.75) is 12.8 Å². The Hall–Kier alpha value is -1.63. The fourth-order valence-corrected chi connectivity index (χ4v) is 2.35. The number of ether oxygens (including phenoxy) is 2. The van der Waals surface area contributed by atoms with Crippen LogP contribution in [0, 0.1) is 5.41 Å². The largest absolute Gasteiger partial charge is 0.468 e. The van der Waals surface area contributed by atoms with Crippen molar-refractivity contribution >= 4 is 40.6 Å². The van der Waals surface area contributed by atoms with Crippen molar-refractivity contribution in [2.75, 3.05) is 14.2 Å². The number of hydrogen-bond donors (Lipinski definition) is 0. The summed E-state index contributed by atoms with van der Waals surface area (Å²) in [6.07, 6.45) is 5.86. The van der Waals surface area contributed by atoms with E-state index in [-0.39, 0.29) is 12.8 Å². The molecule has 0 saturated carbocycles. The lowest BCUT2D eigenvalue weighted by atomic mass is 9.80. The first-order valence-electron chi connectivity index (χ1n) is 6.74. The lowest BCUT2D eigenvalue weighted by molar-refractivity contribution is -0.168. The van der Waals surface area contributed by atoms with Gasteiger partial charge < -0.3 is 9.47 Å². The minimum atomic E-state index is -1.35. The molecule has 22 heavy (non-hydrogen) atoms. The van der Waals surface area contributed by atoms with Crippen molar-refractivity contribution in [3.63, 3.8) is 0 Å². The topological polar surface area (TPSA) is 52.6 Å². The van der Waals surface area contributed by atoms with Crippen LogP contribution < -0.4 is 0 Å². The van der Waals surface area contributed by atoms with Crippen LogP contribution in [0.2, 0.25) is 0 Å². The van der Waals surface area contributed by atoms with Crippen LogP contribution in [0.1, 0.15) is 18.4 Å². The standard InChI is InChI=1S/C17H19IO4/c1-21-15(19)17(12-7-13-18,16(20)22-2)11-6-10-14-8-4-3-5-9-14/h3-10,13H,11-12H2,1-2H3/b10-6+,13-7-. The van der Waals surface area contributed by atoms with Gasteiger partial charge in [-0.25, -0.2) is 0 Å². The summed E-state index contributed by atoms with van der Waals surface area (Å²) in [6, 6.07) is 9.66. The molecule has 5 heteroatoms. The molecule has 4 nitrogen and oxygen atoms in total. The molecule has 1 aromatic rings. The average Bonchev–Trinajstić information content (AvgIpc) is 2.57. The minimum absolute atomic E-state index is 0.211. The van der Waals surface area contributed by atoms with Crippen LogP contribution in [0.25, 0.3) is 6.08 Å². The van der Waals surface area contributed by atoms with Crippen molar-refractivity contribution in [1.29, 1.82) is 0 Å². The van der Waals surface area contributed by atoms with Crippen molar-refractivity contribution in [3.8, 4) is 0 Å². The molecule has 0 aliphatic heterocycles. The molecule has 0 bridgehead atoms. The van der Waals surface area contributed by atoms with Gasteiger partial charge >= 0.3 is 11.9 Å². The maximum absolute atomic E-state index is 12.2. The highest BCUT2D eigenvalue weighted by Gasteiger charge is 2.46. The highest BCUT2D eigenvalue weighted by molar-refractivity contribution is 14.1. The van der Waals surface area contributed by atoms with E-state index in [9.17, 15) is 9.59 Å². The Labute approximate surface area is 144 Å². The van der Waals surface area contributed by atoms with E-state index in [0.29, 0.717) is 0 Å². The van der Waals surface area contributed by atoms with Crippen LogP contribution in [0.3, 0.4) is 0 Å². The van der Waals surface area contributed by atoms with Gasteiger partial charge in [-0.15, -0.1) is 0 Å². The third-order valence-electron chi connectivity index (χ3n) is 3.28. The predicted molar refractivity (Wildman–Crippen MR) is 94.3 cm³/mol. The fraction of sp³-hybridized carbons (Fsp3) is 0.294. The Kier molecular flexibility index (Phi) is 7.87. The van der Waals surface area contributed by atoms with Gasteiger partial charge in [-0.3, -0.25) is 9.59 Å². The molecule has 1 rings (SSSR count). The maximum Gasteiger partial charge on any atom is 0.323 e. The van der Waals surface area contributed by atoms with Crippen molar-refractivity contribution in [3.05, 3.63) is 52.1 Å². The number of esters is 2. The molecular formula is C17H19IO4. The quantitative estimate of drug-likeness (QED) is 0.388. The number of allylic oxidation sites excluding steroid dienone is 2. The van der Waals surface area contributed by atoms with Gasteiger partial charge in [-0.2, -0.15) is 0 Å². The molecule has 0 spiro atoms. The lowest BCUT2D eigenvalue weighted by Gasteiger charge is -2.25. The second-order valence-electron chi connectivity index (χ2n) is 4.65. The third-order valence-corrected chi connectivity index (χ3v) is 3.79. The number of methoxy groups -OCH3 is 2. The first kappa shape index (κ1) is 18.4. The number of carbonyl (C=O) groups excluding carboxylic acids is 2. The van der Waals surface area contributed by atoms with E-state index < -0.39 is 17.4 Å². The number of halogens is 1. The molecule has 0 saturated heterocycles. The van der Waals surface area contributed by atoms with Gasteiger partial charge in [0.25, 0.3) is 0 Å². The van der Waals surface area contributed by atoms with E-state index >= 15 is 0 Å². The minimum Gasteiger partial charge on any atom is -0.468 e.